The minimum Gasteiger partial charge on any atom is -0.508 e. The SMILES string of the molecule is O=CC(O)C(O)C(O)C(O)COC1C(=O)c2c(O)cc(O)cc2OC1c1ccc(O)cc1. The molecule has 11 nitrogen and oxygen atoms in total. The maximum atomic E-state index is 13.1. The first-order chi connectivity index (χ1) is 15.1. The summed E-state index contributed by atoms with van der Waals surface area (Å²) in [6.45, 7) is -0.716. The summed E-state index contributed by atoms with van der Waals surface area (Å²) in [5.74, 6) is -1.83. The van der Waals surface area contributed by atoms with Gasteiger partial charge < -0.3 is 50.0 Å². The predicted octanol–water partition coefficient (Wildman–Crippen LogP) is -0.853. The van der Waals surface area contributed by atoms with E-state index >= 15 is 0 Å². The molecule has 0 aliphatic carbocycles. The number of ether oxygens (including phenoxy) is 2. The van der Waals surface area contributed by atoms with Crippen molar-refractivity contribution >= 4 is 12.1 Å². The minimum atomic E-state index is -2.00. The Morgan fingerprint density at radius 1 is 0.969 bits per heavy atom. The number of benzene rings is 2. The van der Waals surface area contributed by atoms with Crippen LogP contribution in [-0.4, -0.2) is 84.9 Å². The van der Waals surface area contributed by atoms with E-state index in [1.807, 2.05) is 0 Å². The second-order valence-corrected chi connectivity index (χ2v) is 7.26. The molecule has 6 atom stereocenters. The summed E-state index contributed by atoms with van der Waals surface area (Å²) >= 11 is 0. The maximum absolute atomic E-state index is 13.1. The third-order valence-corrected chi connectivity index (χ3v) is 5.00. The van der Waals surface area contributed by atoms with Gasteiger partial charge in [0.25, 0.3) is 0 Å². The molecule has 1 aliphatic heterocycles. The van der Waals surface area contributed by atoms with Gasteiger partial charge in [-0.3, -0.25) is 4.79 Å². The minimum absolute atomic E-state index is 0.0179. The standard InChI is InChI=1S/C21H22O11/c22-7-13(26)17(28)18(29)14(27)8-31-21-19(30)16-12(25)5-11(24)6-15(16)32-20(21)9-1-3-10(23)4-2-9/h1-7,13-14,17-18,20-21,23-29H,8H2. The van der Waals surface area contributed by atoms with Crippen molar-refractivity contribution in [3.63, 3.8) is 0 Å². The first-order valence-electron chi connectivity index (χ1n) is 9.49. The lowest BCUT2D eigenvalue weighted by Crippen LogP contribution is -2.48. The van der Waals surface area contributed by atoms with Crippen LogP contribution in [0.15, 0.2) is 36.4 Å². The van der Waals surface area contributed by atoms with Crippen molar-refractivity contribution in [3.8, 4) is 23.0 Å². The summed E-state index contributed by atoms with van der Waals surface area (Å²) in [5.41, 5.74) is 0.107. The third-order valence-electron chi connectivity index (χ3n) is 5.00. The largest absolute Gasteiger partial charge is 0.508 e. The van der Waals surface area contributed by atoms with Crippen LogP contribution in [0, 0.1) is 0 Å². The number of Topliss-reactive ketones (excluding diaryl/α,β-unsaturated/α-hetero) is 1. The summed E-state index contributed by atoms with van der Waals surface area (Å²) in [6.07, 6.45) is -10.3. The van der Waals surface area contributed by atoms with Crippen LogP contribution in [0.1, 0.15) is 22.0 Å². The van der Waals surface area contributed by atoms with E-state index in [1.165, 1.54) is 24.3 Å². The smallest absolute Gasteiger partial charge is 0.203 e. The van der Waals surface area contributed by atoms with Crippen LogP contribution in [0.5, 0.6) is 23.0 Å². The maximum Gasteiger partial charge on any atom is 0.203 e. The van der Waals surface area contributed by atoms with Gasteiger partial charge in [0.2, 0.25) is 5.78 Å². The molecule has 0 bridgehead atoms. The summed E-state index contributed by atoms with van der Waals surface area (Å²) in [6, 6.07) is 7.65. The molecular weight excluding hydrogens is 428 g/mol. The number of ketones is 1. The van der Waals surface area contributed by atoms with Gasteiger partial charge in [0.05, 0.1) is 6.61 Å². The highest BCUT2D eigenvalue weighted by Crippen LogP contribution is 2.43. The topological polar surface area (TPSA) is 194 Å². The number of carbonyl (C=O) groups is 2. The first kappa shape index (κ1) is 23.4. The average molecular weight is 450 g/mol. The fourth-order valence-electron chi connectivity index (χ4n) is 3.29. The summed E-state index contributed by atoms with van der Waals surface area (Å²) < 4.78 is 11.3. The fraction of sp³-hybridized carbons (Fsp3) is 0.333. The number of phenolic OH excluding ortho intramolecular Hbond substituents is 3. The van der Waals surface area contributed by atoms with E-state index in [4.69, 9.17) is 9.47 Å². The van der Waals surface area contributed by atoms with Gasteiger partial charge in [-0.05, 0) is 17.7 Å². The highest BCUT2D eigenvalue weighted by molar-refractivity contribution is 6.05. The Morgan fingerprint density at radius 3 is 2.25 bits per heavy atom. The molecule has 1 aliphatic rings. The number of fused-ring (bicyclic) bond motifs is 1. The summed E-state index contributed by atoms with van der Waals surface area (Å²) in [5, 5.41) is 68.4. The Bertz CT molecular complexity index is 974. The van der Waals surface area contributed by atoms with E-state index in [0.29, 0.717) is 5.56 Å². The second kappa shape index (κ2) is 9.51. The summed E-state index contributed by atoms with van der Waals surface area (Å²) in [4.78, 5) is 23.7. The molecule has 0 aromatic heterocycles. The molecule has 11 heteroatoms. The fourth-order valence-corrected chi connectivity index (χ4v) is 3.29. The van der Waals surface area contributed by atoms with E-state index in [-0.39, 0.29) is 29.1 Å². The van der Waals surface area contributed by atoms with E-state index in [2.05, 4.69) is 0 Å². The van der Waals surface area contributed by atoms with E-state index < -0.39 is 54.8 Å². The molecular formula is C21H22O11. The molecule has 172 valence electrons. The zero-order valence-corrected chi connectivity index (χ0v) is 16.5. The number of rotatable bonds is 8. The van der Waals surface area contributed by atoms with Crippen molar-refractivity contribution in [1.29, 1.82) is 0 Å². The number of phenols is 3. The Balaban J connectivity index is 1.88. The summed E-state index contributed by atoms with van der Waals surface area (Å²) in [7, 11) is 0. The molecule has 6 unspecified atom stereocenters. The lowest BCUT2D eigenvalue weighted by Gasteiger charge is -2.34. The second-order valence-electron chi connectivity index (χ2n) is 7.26. The number of aliphatic hydroxyl groups is 4. The van der Waals surface area contributed by atoms with Gasteiger partial charge in [-0.2, -0.15) is 0 Å². The van der Waals surface area contributed by atoms with Gasteiger partial charge in [0.15, 0.2) is 18.5 Å². The zero-order chi connectivity index (χ0) is 23.6. The molecule has 7 N–H and O–H groups in total. The van der Waals surface area contributed by atoms with Crippen molar-refractivity contribution in [1.82, 2.24) is 0 Å². The lowest BCUT2D eigenvalue weighted by atomic mass is 9.92. The number of hydrogen-bond acceptors (Lipinski definition) is 11. The Hall–Kier alpha value is -3.22. The molecule has 0 saturated heterocycles. The normalized spacial score (nSPS) is 21.7. The average Bonchev–Trinajstić information content (AvgIpc) is 2.76. The number of aliphatic hydroxyl groups excluding tert-OH is 4. The van der Waals surface area contributed by atoms with Crippen molar-refractivity contribution in [2.24, 2.45) is 0 Å². The Kier molecular flexibility index (Phi) is 6.96. The van der Waals surface area contributed by atoms with Gasteiger partial charge in [-0.1, -0.05) is 12.1 Å². The predicted molar refractivity (Wildman–Crippen MR) is 105 cm³/mol. The molecule has 0 fully saturated rings. The van der Waals surface area contributed by atoms with Crippen LogP contribution >= 0.6 is 0 Å². The number of aldehydes is 1. The van der Waals surface area contributed by atoms with Gasteiger partial charge in [-0.15, -0.1) is 0 Å². The van der Waals surface area contributed by atoms with Crippen molar-refractivity contribution in [2.45, 2.75) is 36.6 Å². The molecule has 32 heavy (non-hydrogen) atoms. The van der Waals surface area contributed by atoms with E-state index in [0.717, 1.165) is 12.1 Å². The Labute approximate surface area is 181 Å². The van der Waals surface area contributed by atoms with Crippen LogP contribution in [0.4, 0.5) is 0 Å². The highest BCUT2D eigenvalue weighted by atomic mass is 16.6. The van der Waals surface area contributed by atoms with Crippen LogP contribution in [0.25, 0.3) is 0 Å². The first-order valence-corrected chi connectivity index (χ1v) is 9.49. The molecule has 3 rings (SSSR count). The highest BCUT2D eigenvalue weighted by Gasteiger charge is 2.42. The van der Waals surface area contributed by atoms with Crippen LogP contribution in [0.3, 0.4) is 0 Å². The van der Waals surface area contributed by atoms with Crippen LogP contribution in [-0.2, 0) is 9.53 Å². The lowest BCUT2D eigenvalue weighted by molar-refractivity contribution is -0.142. The van der Waals surface area contributed by atoms with E-state index in [9.17, 15) is 45.3 Å². The van der Waals surface area contributed by atoms with E-state index in [1.54, 1.807) is 0 Å². The number of carbonyl (C=O) groups excluding carboxylic acids is 2. The Morgan fingerprint density at radius 2 is 1.62 bits per heavy atom. The number of aromatic hydroxyl groups is 3. The molecule has 0 saturated carbocycles. The molecule has 0 spiro atoms. The van der Waals surface area contributed by atoms with Gasteiger partial charge >= 0.3 is 0 Å². The number of hydrogen-bond donors (Lipinski definition) is 7. The van der Waals surface area contributed by atoms with Gasteiger partial charge in [-0.25, -0.2) is 0 Å². The van der Waals surface area contributed by atoms with Crippen LogP contribution < -0.4 is 4.74 Å². The molecule has 0 radical (unpaired) electrons. The van der Waals surface area contributed by atoms with Gasteiger partial charge in [0.1, 0.15) is 53.0 Å². The van der Waals surface area contributed by atoms with Crippen LogP contribution in [0.2, 0.25) is 0 Å². The third kappa shape index (κ3) is 4.66. The van der Waals surface area contributed by atoms with Gasteiger partial charge in [0, 0.05) is 12.1 Å². The monoisotopic (exact) mass is 450 g/mol. The quantitative estimate of drug-likeness (QED) is 0.248. The zero-order valence-electron chi connectivity index (χ0n) is 16.5. The van der Waals surface area contributed by atoms with Crippen molar-refractivity contribution in [3.05, 3.63) is 47.5 Å². The molecule has 1 heterocycles. The molecule has 2 aromatic rings. The van der Waals surface area contributed by atoms with Crippen molar-refractivity contribution in [2.75, 3.05) is 6.61 Å². The van der Waals surface area contributed by atoms with Crippen molar-refractivity contribution < 1.29 is 54.8 Å². The molecule has 0 amide bonds. The molecule has 2 aromatic carbocycles.